The van der Waals surface area contributed by atoms with Crippen LogP contribution in [0.5, 0.6) is 11.5 Å². The molecule has 0 radical (unpaired) electrons. The van der Waals surface area contributed by atoms with E-state index in [9.17, 15) is 9.59 Å². The van der Waals surface area contributed by atoms with Crippen LogP contribution in [0.25, 0.3) is 0 Å². The van der Waals surface area contributed by atoms with Gasteiger partial charge in [-0.05, 0) is 42.3 Å². The van der Waals surface area contributed by atoms with Crippen molar-refractivity contribution in [1.82, 2.24) is 0 Å². The molecule has 2 aliphatic rings. The maximum Gasteiger partial charge on any atom is 0.323 e. The van der Waals surface area contributed by atoms with Gasteiger partial charge in [-0.3, -0.25) is 4.79 Å². The maximum atomic E-state index is 12.1. The Morgan fingerprint density at radius 1 is 0.958 bits per heavy atom. The van der Waals surface area contributed by atoms with Crippen LogP contribution >= 0.6 is 0 Å². The summed E-state index contributed by atoms with van der Waals surface area (Å²) in [6.45, 7) is 0.191. The van der Waals surface area contributed by atoms with Gasteiger partial charge in [-0.1, -0.05) is 0 Å². The predicted molar refractivity (Wildman–Crippen MR) is 88.6 cm³/mol. The van der Waals surface area contributed by atoms with Crippen LogP contribution in [0.3, 0.4) is 0 Å². The molecule has 0 spiro atoms. The van der Waals surface area contributed by atoms with Gasteiger partial charge in [0.05, 0.1) is 0 Å². The van der Waals surface area contributed by atoms with E-state index in [0.29, 0.717) is 35.7 Å². The van der Waals surface area contributed by atoms with Gasteiger partial charge in [0.2, 0.25) is 12.7 Å². The fourth-order valence-electron chi connectivity index (χ4n) is 2.73. The molecule has 2 aliphatic heterocycles. The van der Waals surface area contributed by atoms with Crippen molar-refractivity contribution < 1.29 is 19.1 Å². The Balaban J connectivity index is 1.44. The molecule has 7 nitrogen and oxygen atoms in total. The van der Waals surface area contributed by atoms with Gasteiger partial charge in [-0.25, -0.2) is 4.79 Å². The number of anilines is 3. The van der Waals surface area contributed by atoms with Crippen molar-refractivity contribution in [3.63, 3.8) is 0 Å². The van der Waals surface area contributed by atoms with Gasteiger partial charge in [0, 0.05) is 29.5 Å². The van der Waals surface area contributed by atoms with Crippen molar-refractivity contribution in [2.24, 2.45) is 0 Å². The largest absolute Gasteiger partial charge is 0.454 e. The van der Waals surface area contributed by atoms with Gasteiger partial charge in [-0.15, -0.1) is 0 Å². The molecule has 0 unspecified atom stereocenters. The molecule has 0 bridgehead atoms. The van der Waals surface area contributed by atoms with Gasteiger partial charge < -0.3 is 25.4 Å². The number of hydrogen-bond donors (Lipinski definition) is 3. The highest BCUT2D eigenvalue weighted by Crippen LogP contribution is 2.34. The normalized spacial score (nSPS) is 14.6. The summed E-state index contributed by atoms with van der Waals surface area (Å²) in [6, 6.07) is 10.3. The third kappa shape index (κ3) is 2.83. The highest BCUT2D eigenvalue weighted by molar-refractivity contribution is 6.00. The molecule has 7 heteroatoms. The van der Waals surface area contributed by atoms with Crippen LogP contribution in [0, 0.1) is 0 Å². The topological polar surface area (TPSA) is 88.7 Å². The molecule has 0 saturated carbocycles. The first-order valence-corrected chi connectivity index (χ1v) is 7.58. The lowest BCUT2D eigenvalue weighted by molar-refractivity contribution is -0.116. The fourth-order valence-corrected chi connectivity index (χ4v) is 2.73. The number of nitrogens with one attached hydrogen (secondary N) is 3. The number of urea groups is 1. The van der Waals surface area contributed by atoms with Gasteiger partial charge in [-0.2, -0.15) is 0 Å². The molecule has 2 aromatic rings. The van der Waals surface area contributed by atoms with E-state index >= 15 is 0 Å². The van der Waals surface area contributed by atoms with Crippen LogP contribution in [0.4, 0.5) is 21.9 Å². The van der Waals surface area contributed by atoms with E-state index < -0.39 is 0 Å². The number of benzene rings is 2. The Labute approximate surface area is 138 Å². The minimum Gasteiger partial charge on any atom is -0.454 e. The van der Waals surface area contributed by atoms with Crippen molar-refractivity contribution in [2.45, 2.75) is 12.8 Å². The molecule has 0 atom stereocenters. The Kier molecular flexibility index (Phi) is 3.45. The number of carbonyl (C=O) groups excluding carboxylic acids is 2. The summed E-state index contributed by atoms with van der Waals surface area (Å²) in [6.07, 6.45) is 1.13. The molecule has 0 aromatic heterocycles. The number of hydrogen-bond acceptors (Lipinski definition) is 4. The Morgan fingerprint density at radius 3 is 2.58 bits per heavy atom. The Hall–Kier alpha value is -3.22. The van der Waals surface area contributed by atoms with E-state index in [0.717, 1.165) is 11.3 Å². The summed E-state index contributed by atoms with van der Waals surface area (Å²) in [5, 5.41) is 8.35. The van der Waals surface area contributed by atoms with Crippen LogP contribution in [0.15, 0.2) is 36.4 Å². The molecule has 2 heterocycles. The smallest absolute Gasteiger partial charge is 0.323 e. The Morgan fingerprint density at radius 2 is 1.71 bits per heavy atom. The van der Waals surface area contributed by atoms with Crippen LogP contribution in [0.2, 0.25) is 0 Å². The number of aryl methyl sites for hydroxylation is 1. The summed E-state index contributed by atoms with van der Waals surface area (Å²) in [5.41, 5.74) is 3.09. The highest BCUT2D eigenvalue weighted by atomic mass is 16.7. The standard InChI is InChI=1S/C17H15N3O4/c21-16-6-1-10-7-11(2-4-13(10)20-16)18-17(22)19-12-3-5-14-15(8-12)24-9-23-14/h2-5,7-8H,1,6,9H2,(H,20,21)(H2,18,19,22). The number of amides is 3. The fraction of sp³-hybridized carbons (Fsp3) is 0.176. The third-order valence-corrected chi connectivity index (χ3v) is 3.89. The quantitative estimate of drug-likeness (QED) is 0.792. The van der Waals surface area contributed by atoms with Crippen molar-refractivity contribution >= 4 is 29.0 Å². The monoisotopic (exact) mass is 325 g/mol. The summed E-state index contributed by atoms with van der Waals surface area (Å²) in [5.74, 6) is 1.29. The summed E-state index contributed by atoms with van der Waals surface area (Å²) in [4.78, 5) is 23.5. The molecular formula is C17H15N3O4. The SMILES string of the molecule is O=C1CCc2cc(NC(=O)Nc3ccc4c(c3)OCO4)ccc2N1. The molecule has 0 fully saturated rings. The molecule has 0 aliphatic carbocycles. The van der Waals surface area contributed by atoms with Gasteiger partial charge in [0.25, 0.3) is 0 Å². The van der Waals surface area contributed by atoms with Crippen LogP contribution in [-0.2, 0) is 11.2 Å². The first kappa shape index (κ1) is 14.4. The van der Waals surface area contributed by atoms with E-state index in [-0.39, 0.29) is 18.7 Å². The van der Waals surface area contributed by atoms with E-state index in [4.69, 9.17) is 9.47 Å². The van der Waals surface area contributed by atoms with Crippen LogP contribution in [0.1, 0.15) is 12.0 Å². The lowest BCUT2D eigenvalue weighted by Crippen LogP contribution is -2.21. The first-order valence-electron chi connectivity index (χ1n) is 7.58. The first-order chi connectivity index (χ1) is 11.7. The predicted octanol–water partition coefficient (Wildman–Crippen LogP) is 2.94. The molecule has 2 aromatic carbocycles. The highest BCUT2D eigenvalue weighted by Gasteiger charge is 2.16. The summed E-state index contributed by atoms with van der Waals surface area (Å²) in [7, 11) is 0. The third-order valence-electron chi connectivity index (χ3n) is 3.89. The van der Waals surface area contributed by atoms with Crippen LogP contribution < -0.4 is 25.4 Å². The number of fused-ring (bicyclic) bond motifs is 2. The second-order valence-corrected chi connectivity index (χ2v) is 5.57. The maximum absolute atomic E-state index is 12.1. The molecular weight excluding hydrogens is 310 g/mol. The number of rotatable bonds is 2. The average Bonchev–Trinajstić information content (AvgIpc) is 3.02. The van der Waals surface area contributed by atoms with E-state index in [1.165, 1.54) is 0 Å². The minimum atomic E-state index is -0.353. The van der Waals surface area contributed by atoms with Crippen molar-refractivity contribution in [2.75, 3.05) is 22.7 Å². The second-order valence-electron chi connectivity index (χ2n) is 5.57. The summed E-state index contributed by atoms with van der Waals surface area (Å²) >= 11 is 0. The number of ether oxygens (including phenoxy) is 2. The zero-order valence-electron chi connectivity index (χ0n) is 12.7. The van der Waals surface area contributed by atoms with E-state index in [2.05, 4.69) is 16.0 Å². The van der Waals surface area contributed by atoms with Crippen molar-refractivity contribution in [3.8, 4) is 11.5 Å². The Bertz CT molecular complexity index is 835. The van der Waals surface area contributed by atoms with E-state index in [1.54, 1.807) is 30.3 Å². The number of carbonyl (C=O) groups is 2. The zero-order chi connectivity index (χ0) is 16.5. The minimum absolute atomic E-state index is 0.0174. The second kappa shape index (κ2) is 5.77. The molecule has 24 heavy (non-hydrogen) atoms. The lowest BCUT2D eigenvalue weighted by atomic mass is 10.0. The van der Waals surface area contributed by atoms with Crippen LogP contribution in [-0.4, -0.2) is 18.7 Å². The zero-order valence-corrected chi connectivity index (χ0v) is 12.7. The summed E-state index contributed by atoms with van der Waals surface area (Å²) < 4.78 is 10.5. The van der Waals surface area contributed by atoms with Crippen molar-refractivity contribution in [3.05, 3.63) is 42.0 Å². The van der Waals surface area contributed by atoms with Crippen molar-refractivity contribution in [1.29, 1.82) is 0 Å². The molecule has 0 saturated heterocycles. The van der Waals surface area contributed by atoms with Gasteiger partial charge in [0.1, 0.15) is 0 Å². The van der Waals surface area contributed by atoms with Gasteiger partial charge >= 0.3 is 6.03 Å². The molecule has 3 amide bonds. The van der Waals surface area contributed by atoms with Gasteiger partial charge in [0.15, 0.2) is 11.5 Å². The average molecular weight is 325 g/mol. The molecule has 4 rings (SSSR count). The molecule has 122 valence electrons. The molecule has 3 N–H and O–H groups in total. The van der Waals surface area contributed by atoms with E-state index in [1.807, 2.05) is 6.07 Å². The lowest BCUT2D eigenvalue weighted by Gasteiger charge is -2.17.